The van der Waals surface area contributed by atoms with Gasteiger partial charge in [-0.3, -0.25) is 18.7 Å². The first-order valence-corrected chi connectivity index (χ1v) is 14.4. The molecule has 2 radical (unpaired) electrons. The molecule has 0 saturated heterocycles. The van der Waals surface area contributed by atoms with Crippen molar-refractivity contribution in [3.8, 4) is 17.6 Å². The van der Waals surface area contributed by atoms with Crippen LogP contribution < -0.4 is 10.6 Å². The molecule has 0 atom stereocenters. The van der Waals surface area contributed by atoms with E-state index in [-0.39, 0.29) is 141 Å². The number of benzene rings is 2. The monoisotopic (exact) mass is 674 g/mol. The Hall–Kier alpha value is -1.61. The first-order valence-electron chi connectivity index (χ1n) is 11.5. The van der Waals surface area contributed by atoms with Crippen LogP contribution in [0.5, 0.6) is 5.88 Å². The van der Waals surface area contributed by atoms with E-state index in [1.807, 2.05) is 0 Å². The fourth-order valence-corrected chi connectivity index (χ4v) is 4.97. The van der Waals surface area contributed by atoms with Crippen LogP contribution in [0.25, 0.3) is 11.8 Å². The van der Waals surface area contributed by atoms with Gasteiger partial charge in [0.15, 0.2) is 0 Å². The number of amides is 1. The average molecular weight is 675 g/mol. The summed E-state index contributed by atoms with van der Waals surface area (Å²) in [5.74, 6) is -1.11. The third-order valence-electron chi connectivity index (χ3n) is 6.12. The summed E-state index contributed by atoms with van der Waals surface area (Å²) >= 11 is 0. The first-order chi connectivity index (χ1) is 19.1. The summed E-state index contributed by atoms with van der Waals surface area (Å²) in [6, 6.07) is 11.0. The van der Waals surface area contributed by atoms with Crippen LogP contribution in [0.15, 0.2) is 85.9 Å². The van der Waals surface area contributed by atoms with Gasteiger partial charge in [0, 0.05) is 108 Å². The van der Waals surface area contributed by atoms with Gasteiger partial charge >= 0.3 is 0 Å². The molecule has 0 bridgehead atoms. The third-order valence-corrected chi connectivity index (χ3v) is 7.86. The number of hydrogen-bond acceptors (Lipinski definition) is 9. The zero-order valence-corrected chi connectivity index (χ0v) is 31.1. The molecule has 2 aromatic carbocycles. The van der Waals surface area contributed by atoms with Crippen molar-refractivity contribution < 1.29 is 35.8 Å². The maximum absolute atomic E-state index is 13.0. The Bertz CT molecular complexity index is 2010. The minimum absolute atomic E-state index is 0. The molecule has 2 heterocycles. The molecular formula is C26H20K2N4O9S2. The number of hydrogen-bond donors (Lipinski definition) is 3. The number of hydrazone groups is 1. The SMILES string of the molecule is CC1=NN(c2ccc(S(=O)(=O)O)cc2)C(=O)C1=CC=Cc1c(C)c(C#N)c(=O)n(-c2ccc(S(=O)(=O)O)cc2)c1O.[K].[K]. The number of carbonyl (C=O) groups excluding carboxylic acids is 1. The summed E-state index contributed by atoms with van der Waals surface area (Å²) < 4.78 is 64.4. The van der Waals surface area contributed by atoms with Crippen LogP contribution in [-0.2, 0) is 25.0 Å². The molecule has 0 aliphatic carbocycles. The van der Waals surface area contributed by atoms with Crippen LogP contribution in [0.3, 0.4) is 0 Å². The van der Waals surface area contributed by atoms with Crippen molar-refractivity contribution in [2.24, 2.45) is 5.10 Å². The van der Waals surface area contributed by atoms with Gasteiger partial charge in [-0.05, 0) is 80.1 Å². The van der Waals surface area contributed by atoms with E-state index in [1.54, 1.807) is 13.0 Å². The molecule has 212 valence electrons. The Morgan fingerprint density at radius 2 is 1.35 bits per heavy atom. The van der Waals surface area contributed by atoms with Gasteiger partial charge in [-0.25, -0.2) is 4.57 Å². The molecule has 3 aromatic rings. The number of rotatable bonds is 6. The molecule has 17 heteroatoms. The minimum Gasteiger partial charge on any atom is -0.494 e. The molecule has 4 rings (SSSR count). The van der Waals surface area contributed by atoms with Crippen molar-refractivity contribution >= 4 is 146 Å². The van der Waals surface area contributed by atoms with E-state index in [4.69, 9.17) is 4.55 Å². The molecule has 1 aromatic heterocycles. The van der Waals surface area contributed by atoms with Gasteiger partial charge in [-0.15, -0.1) is 0 Å². The molecule has 0 spiro atoms. The van der Waals surface area contributed by atoms with Gasteiger partial charge in [0.25, 0.3) is 31.7 Å². The average Bonchev–Trinajstić information content (AvgIpc) is 3.18. The molecule has 1 aliphatic rings. The molecule has 1 amide bonds. The number of aromatic hydroxyl groups is 1. The Kier molecular flexibility index (Phi) is 12.8. The van der Waals surface area contributed by atoms with Gasteiger partial charge < -0.3 is 5.11 Å². The Labute approximate surface area is 331 Å². The van der Waals surface area contributed by atoms with E-state index in [0.29, 0.717) is 5.71 Å². The second-order valence-corrected chi connectivity index (χ2v) is 11.5. The quantitative estimate of drug-likeness (QED) is 0.196. The normalized spacial score (nSPS) is 14.3. The van der Waals surface area contributed by atoms with Crippen molar-refractivity contribution in [1.82, 2.24) is 4.57 Å². The van der Waals surface area contributed by atoms with E-state index in [0.717, 1.165) is 33.8 Å². The molecule has 0 saturated carbocycles. The topological polar surface area (TPSA) is 207 Å². The largest absolute Gasteiger partial charge is 0.494 e. The van der Waals surface area contributed by atoms with Gasteiger partial charge in [0.1, 0.15) is 11.6 Å². The van der Waals surface area contributed by atoms with E-state index in [9.17, 15) is 41.3 Å². The molecule has 1 aliphatic heterocycles. The van der Waals surface area contributed by atoms with Crippen molar-refractivity contribution in [3.63, 3.8) is 0 Å². The second kappa shape index (κ2) is 14.7. The number of anilines is 1. The van der Waals surface area contributed by atoms with Gasteiger partial charge in [-0.1, -0.05) is 6.08 Å². The Balaban J connectivity index is 0.00000323. The van der Waals surface area contributed by atoms with E-state index in [1.165, 1.54) is 49.4 Å². The van der Waals surface area contributed by atoms with E-state index in [2.05, 4.69) is 5.10 Å². The number of nitriles is 1. The van der Waals surface area contributed by atoms with Crippen molar-refractivity contribution in [2.75, 3.05) is 5.01 Å². The molecule has 43 heavy (non-hydrogen) atoms. The molecular weight excluding hydrogens is 655 g/mol. The molecule has 0 unspecified atom stereocenters. The maximum atomic E-state index is 13.0. The van der Waals surface area contributed by atoms with E-state index >= 15 is 0 Å². The second-order valence-electron chi connectivity index (χ2n) is 8.67. The zero-order chi connectivity index (χ0) is 30.3. The number of pyridine rings is 1. The van der Waals surface area contributed by atoms with Crippen LogP contribution >= 0.6 is 0 Å². The van der Waals surface area contributed by atoms with Crippen molar-refractivity contribution in [2.45, 2.75) is 23.6 Å². The number of nitrogens with zero attached hydrogens (tertiary/aromatic N) is 4. The van der Waals surface area contributed by atoms with Gasteiger partial charge in [-0.2, -0.15) is 32.2 Å². The number of aromatic nitrogens is 1. The van der Waals surface area contributed by atoms with Gasteiger partial charge in [0.05, 0.1) is 32.5 Å². The summed E-state index contributed by atoms with van der Waals surface area (Å²) in [6.07, 6.45) is 4.16. The smallest absolute Gasteiger partial charge is 0.294 e. The standard InChI is InChI=1S/C26H20N4O9S2.2K/c1-15-21(24(31)29(25(32)23(15)14-27)17-6-10-19(11-7-17)40(34,35)36)4-3-5-22-16(2)28-30(26(22)33)18-8-12-20(13-9-18)41(37,38)39;;/h3-13,31H,1-2H3,(H,34,35,36)(H,37,38,39);;. The summed E-state index contributed by atoms with van der Waals surface area (Å²) in [5.41, 5.74) is -0.186. The Morgan fingerprint density at radius 1 is 0.860 bits per heavy atom. The molecule has 0 fully saturated rings. The first kappa shape index (κ1) is 37.6. The molecule has 13 nitrogen and oxygen atoms in total. The zero-order valence-electron chi connectivity index (χ0n) is 23.2. The predicted molar refractivity (Wildman–Crippen MR) is 158 cm³/mol. The predicted octanol–water partition coefficient (Wildman–Crippen LogP) is 1.82. The van der Waals surface area contributed by atoms with E-state index < -0.39 is 42.5 Å². The van der Waals surface area contributed by atoms with Crippen LogP contribution in [0.2, 0.25) is 0 Å². The van der Waals surface area contributed by atoms with Crippen LogP contribution in [-0.4, -0.2) is 150 Å². The van der Waals surface area contributed by atoms with Gasteiger partial charge in [0.2, 0.25) is 5.88 Å². The minimum atomic E-state index is -4.50. The maximum Gasteiger partial charge on any atom is 0.294 e. The summed E-state index contributed by atoms with van der Waals surface area (Å²) in [5, 5.41) is 25.8. The fourth-order valence-electron chi connectivity index (χ4n) is 4.01. The van der Waals surface area contributed by atoms with Crippen molar-refractivity contribution in [1.29, 1.82) is 5.26 Å². The molecule has 3 N–H and O–H groups in total. The van der Waals surface area contributed by atoms with Crippen LogP contribution in [0.4, 0.5) is 5.69 Å². The summed E-state index contributed by atoms with van der Waals surface area (Å²) in [7, 11) is -8.92. The van der Waals surface area contributed by atoms with Crippen LogP contribution in [0, 0.1) is 18.3 Å². The summed E-state index contributed by atoms with van der Waals surface area (Å²) in [4.78, 5) is 25.2. The number of carbonyl (C=O) groups is 1. The number of allylic oxidation sites excluding steroid dienone is 2. The fraction of sp³-hybridized carbons (Fsp3) is 0.0769. The van der Waals surface area contributed by atoms with Crippen molar-refractivity contribution in [3.05, 3.63) is 93.3 Å². The van der Waals surface area contributed by atoms with Crippen LogP contribution in [0.1, 0.15) is 23.6 Å². The summed E-state index contributed by atoms with van der Waals surface area (Å²) in [6.45, 7) is 3.01. The Morgan fingerprint density at radius 3 is 1.81 bits per heavy atom. The third kappa shape index (κ3) is 7.98.